The minimum Gasteiger partial charge on any atom is -0.421 e. The number of carbonyl (C=O) groups is 1. The summed E-state index contributed by atoms with van der Waals surface area (Å²) < 4.78 is 19.1. The molecule has 25 heavy (non-hydrogen) atoms. The fourth-order valence-electron chi connectivity index (χ4n) is 2.14. The van der Waals surface area contributed by atoms with Crippen molar-refractivity contribution in [2.75, 3.05) is 10.6 Å². The Morgan fingerprint density at radius 2 is 1.80 bits per heavy atom. The Labute approximate surface area is 147 Å². The molecule has 3 rings (SSSR count). The number of nitrogens with zero attached hydrogens (tertiary/aromatic N) is 2. The van der Waals surface area contributed by atoms with Gasteiger partial charge in [-0.2, -0.15) is 9.97 Å². The third-order valence-electron chi connectivity index (χ3n) is 3.28. The normalized spacial score (nSPS) is 10.4. The molecule has 128 valence electrons. The van der Waals surface area contributed by atoms with Crippen molar-refractivity contribution in [2.45, 2.75) is 13.8 Å². The molecule has 0 spiro atoms. The summed E-state index contributed by atoms with van der Waals surface area (Å²) in [4.78, 5) is 20.4. The average Bonchev–Trinajstić information content (AvgIpc) is 3.06. The zero-order chi connectivity index (χ0) is 17.8. The van der Waals surface area contributed by atoms with Gasteiger partial charge in [-0.05, 0) is 43.5 Å². The quantitative estimate of drug-likeness (QED) is 0.707. The third kappa shape index (κ3) is 4.10. The summed E-state index contributed by atoms with van der Waals surface area (Å²) in [6.07, 6.45) is 0. The number of nitrogens with one attached hydrogen (secondary N) is 2. The van der Waals surface area contributed by atoms with Gasteiger partial charge in [0.1, 0.15) is 0 Å². The third-order valence-corrected chi connectivity index (χ3v) is 4.07. The molecular formula is C17H15FN4O2S. The number of rotatable bonds is 4. The van der Waals surface area contributed by atoms with Crippen molar-refractivity contribution in [2.24, 2.45) is 0 Å². The fraction of sp³-hybridized carbons (Fsp3) is 0.118. The molecule has 0 unspecified atom stereocenters. The SMILES string of the molecule is Cc1nc(Oc2ccccc2F)nc(C)c1NC(=O)Nc1cccs1. The summed E-state index contributed by atoms with van der Waals surface area (Å²) in [6, 6.07) is 9.27. The smallest absolute Gasteiger partial charge is 0.324 e. The van der Waals surface area contributed by atoms with E-state index in [2.05, 4.69) is 20.6 Å². The van der Waals surface area contributed by atoms with E-state index in [1.54, 1.807) is 32.0 Å². The minimum absolute atomic E-state index is 0.0179. The van der Waals surface area contributed by atoms with Gasteiger partial charge in [0, 0.05) is 0 Å². The van der Waals surface area contributed by atoms with E-state index in [0.29, 0.717) is 17.1 Å². The van der Waals surface area contributed by atoms with E-state index in [4.69, 9.17) is 4.74 Å². The maximum atomic E-state index is 13.7. The summed E-state index contributed by atoms with van der Waals surface area (Å²) in [5.74, 6) is -0.462. The first-order valence-corrected chi connectivity index (χ1v) is 8.30. The minimum atomic E-state index is -0.501. The van der Waals surface area contributed by atoms with Crippen LogP contribution < -0.4 is 15.4 Å². The molecule has 6 nitrogen and oxygen atoms in total. The number of aromatic nitrogens is 2. The van der Waals surface area contributed by atoms with Gasteiger partial charge in [0.25, 0.3) is 0 Å². The molecule has 2 heterocycles. The van der Waals surface area contributed by atoms with E-state index in [9.17, 15) is 9.18 Å². The first kappa shape index (κ1) is 16.8. The number of thiophene rings is 1. The average molecular weight is 358 g/mol. The Hall–Kier alpha value is -3.00. The van der Waals surface area contributed by atoms with Crippen LogP contribution in [0, 0.1) is 19.7 Å². The molecule has 1 aromatic carbocycles. The van der Waals surface area contributed by atoms with Crippen molar-refractivity contribution < 1.29 is 13.9 Å². The second-order valence-corrected chi connectivity index (χ2v) is 6.09. The maximum absolute atomic E-state index is 13.7. The monoisotopic (exact) mass is 358 g/mol. The van der Waals surface area contributed by atoms with Crippen LogP contribution in [0.1, 0.15) is 11.4 Å². The number of carbonyl (C=O) groups excluding carboxylic acids is 1. The number of ether oxygens (including phenoxy) is 1. The van der Waals surface area contributed by atoms with Crippen LogP contribution in [0.25, 0.3) is 0 Å². The Bertz CT molecular complexity index is 876. The van der Waals surface area contributed by atoms with Crippen LogP contribution in [0.4, 0.5) is 19.9 Å². The van der Waals surface area contributed by atoms with Crippen molar-refractivity contribution in [3.63, 3.8) is 0 Å². The first-order valence-electron chi connectivity index (χ1n) is 7.42. The highest BCUT2D eigenvalue weighted by Gasteiger charge is 2.14. The Kier molecular flexibility index (Phi) is 4.90. The summed E-state index contributed by atoms with van der Waals surface area (Å²) in [6.45, 7) is 3.42. The van der Waals surface area contributed by atoms with Crippen LogP contribution in [0.2, 0.25) is 0 Å². The van der Waals surface area contributed by atoms with Crippen LogP contribution in [0.5, 0.6) is 11.8 Å². The summed E-state index contributed by atoms with van der Waals surface area (Å²) in [7, 11) is 0. The summed E-state index contributed by atoms with van der Waals surface area (Å²) in [5, 5.41) is 8.04. The maximum Gasteiger partial charge on any atom is 0.324 e. The number of halogens is 1. The lowest BCUT2D eigenvalue weighted by Gasteiger charge is -2.12. The van der Waals surface area contributed by atoms with Gasteiger partial charge in [0.15, 0.2) is 11.6 Å². The largest absolute Gasteiger partial charge is 0.421 e. The lowest BCUT2D eigenvalue weighted by atomic mass is 10.3. The van der Waals surface area contributed by atoms with Gasteiger partial charge in [0.2, 0.25) is 0 Å². The molecule has 3 aromatic rings. The number of anilines is 2. The number of urea groups is 1. The number of aryl methyl sites for hydroxylation is 2. The molecule has 0 bridgehead atoms. The lowest BCUT2D eigenvalue weighted by molar-refractivity contribution is 0.262. The van der Waals surface area contributed by atoms with E-state index in [1.807, 2.05) is 11.4 Å². The van der Waals surface area contributed by atoms with Crippen molar-refractivity contribution in [1.82, 2.24) is 9.97 Å². The molecule has 2 aromatic heterocycles. The second-order valence-electron chi connectivity index (χ2n) is 5.14. The Balaban J connectivity index is 1.76. The van der Waals surface area contributed by atoms with Crippen LogP contribution in [0.15, 0.2) is 41.8 Å². The lowest BCUT2D eigenvalue weighted by Crippen LogP contribution is -2.20. The summed E-state index contributed by atoms with van der Waals surface area (Å²) >= 11 is 1.42. The van der Waals surface area contributed by atoms with E-state index in [0.717, 1.165) is 5.00 Å². The van der Waals surface area contributed by atoms with Crippen LogP contribution >= 0.6 is 11.3 Å². The molecule has 0 aliphatic heterocycles. The van der Waals surface area contributed by atoms with E-state index in [-0.39, 0.29) is 17.8 Å². The highest BCUT2D eigenvalue weighted by atomic mass is 32.1. The van der Waals surface area contributed by atoms with Crippen LogP contribution in [-0.4, -0.2) is 16.0 Å². The Morgan fingerprint density at radius 3 is 2.44 bits per heavy atom. The van der Waals surface area contributed by atoms with Gasteiger partial charge in [-0.15, -0.1) is 11.3 Å². The highest BCUT2D eigenvalue weighted by Crippen LogP contribution is 2.25. The van der Waals surface area contributed by atoms with Crippen molar-refractivity contribution in [3.05, 3.63) is 59.0 Å². The van der Waals surface area contributed by atoms with Gasteiger partial charge in [0.05, 0.1) is 22.1 Å². The fourth-order valence-corrected chi connectivity index (χ4v) is 2.76. The molecule has 0 aliphatic rings. The first-order chi connectivity index (χ1) is 12.0. The van der Waals surface area contributed by atoms with Gasteiger partial charge >= 0.3 is 12.0 Å². The van der Waals surface area contributed by atoms with Gasteiger partial charge in [-0.1, -0.05) is 12.1 Å². The molecule has 0 radical (unpaired) electrons. The molecule has 0 atom stereocenters. The molecule has 0 fully saturated rings. The molecule has 2 N–H and O–H groups in total. The number of hydrogen-bond donors (Lipinski definition) is 2. The molecule has 8 heteroatoms. The van der Waals surface area contributed by atoms with E-state index < -0.39 is 5.82 Å². The van der Waals surface area contributed by atoms with Crippen LogP contribution in [0.3, 0.4) is 0 Å². The topological polar surface area (TPSA) is 76.1 Å². The van der Waals surface area contributed by atoms with Crippen molar-refractivity contribution >= 4 is 28.1 Å². The molecule has 0 saturated carbocycles. The van der Waals surface area contributed by atoms with Gasteiger partial charge in [-0.3, -0.25) is 5.32 Å². The van der Waals surface area contributed by atoms with Gasteiger partial charge in [-0.25, -0.2) is 9.18 Å². The number of amides is 2. The zero-order valence-electron chi connectivity index (χ0n) is 13.5. The Morgan fingerprint density at radius 1 is 1.08 bits per heavy atom. The van der Waals surface area contributed by atoms with E-state index in [1.165, 1.54) is 23.5 Å². The standard InChI is InChI=1S/C17H15FN4O2S/c1-10-15(22-16(23)21-14-8-5-9-25-14)11(2)20-17(19-10)24-13-7-4-3-6-12(13)18/h3-9H,1-2H3,(H2,21,22,23). The van der Waals surface area contributed by atoms with Crippen LogP contribution in [-0.2, 0) is 0 Å². The van der Waals surface area contributed by atoms with E-state index >= 15 is 0 Å². The predicted molar refractivity (Wildman–Crippen MR) is 94.9 cm³/mol. The number of benzene rings is 1. The van der Waals surface area contributed by atoms with Crippen molar-refractivity contribution in [3.8, 4) is 11.8 Å². The molecular weight excluding hydrogens is 343 g/mol. The zero-order valence-corrected chi connectivity index (χ0v) is 14.4. The molecule has 0 saturated heterocycles. The highest BCUT2D eigenvalue weighted by molar-refractivity contribution is 7.14. The summed E-state index contributed by atoms with van der Waals surface area (Å²) in [5.41, 5.74) is 1.51. The predicted octanol–water partition coefficient (Wildman–Crippen LogP) is 4.73. The van der Waals surface area contributed by atoms with Crippen molar-refractivity contribution in [1.29, 1.82) is 0 Å². The van der Waals surface area contributed by atoms with Gasteiger partial charge < -0.3 is 10.1 Å². The number of para-hydroxylation sites is 1. The molecule has 2 amide bonds. The number of hydrogen-bond acceptors (Lipinski definition) is 5. The second kappa shape index (κ2) is 7.27. The molecule has 0 aliphatic carbocycles.